The third-order valence-corrected chi connectivity index (χ3v) is 5.64. The Hall–Kier alpha value is -2.82. The van der Waals surface area contributed by atoms with Crippen LogP contribution in [0.15, 0.2) is 53.6 Å². The molecule has 4 N–H and O–H groups in total. The Morgan fingerprint density at radius 1 is 1.07 bits per heavy atom. The molecular weight excluding hydrogens is 394 g/mol. The predicted molar refractivity (Wildman–Crippen MR) is 108 cm³/mol. The van der Waals surface area contributed by atoms with Crippen molar-refractivity contribution in [3.8, 4) is 0 Å². The number of nitrogens with two attached hydrogens (primary N) is 1. The van der Waals surface area contributed by atoms with Crippen LogP contribution in [-0.4, -0.2) is 49.8 Å². The number of carbonyl (C=O) groups is 2. The number of rotatable bonds is 6. The second kappa shape index (κ2) is 9.12. The summed E-state index contributed by atoms with van der Waals surface area (Å²) in [7, 11) is -3.76. The fourth-order valence-corrected chi connectivity index (χ4v) is 3.67. The highest BCUT2D eigenvalue weighted by atomic mass is 32.2. The first-order chi connectivity index (χ1) is 13.8. The number of nitrogens with one attached hydrogen (secondary N) is 2. The Balaban J connectivity index is 1.44. The van der Waals surface area contributed by atoms with Gasteiger partial charge in [-0.3, -0.25) is 14.5 Å². The third-order valence-electron chi connectivity index (χ3n) is 4.71. The van der Waals surface area contributed by atoms with Crippen molar-refractivity contribution in [3.63, 3.8) is 0 Å². The Morgan fingerprint density at radius 3 is 2.34 bits per heavy atom. The molecule has 2 heterocycles. The van der Waals surface area contributed by atoms with E-state index in [9.17, 15) is 18.0 Å². The molecule has 1 fully saturated rings. The van der Waals surface area contributed by atoms with E-state index in [0.29, 0.717) is 37.4 Å². The van der Waals surface area contributed by atoms with Gasteiger partial charge in [0.15, 0.2) is 0 Å². The molecule has 1 saturated heterocycles. The van der Waals surface area contributed by atoms with Crippen LogP contribution in [0.2, 0.25) is 0 Å². The monoisotopic (exact) mass is 417 g/mol. The topological polar surface area (TPSA) is 134 Å². The van der Waals surface area contributed by atoms with E-state index in [2.05, 4.69) is 15.6 Å². The number of hydrogen-bond acceptors (Lipinski definition) is 6. The molecule has 29 heavy (non-hydrogen) atoms. The lowest BCUT2D eigenvalue weighted by atomic mass is 9.96. The highest BCUT2D eigenvalue weighted by Crippen LogP contribution is 2.19. The highest BCUT2D eigenvalue weighted by molar-refractivity contribution is 7.89. The largest absolute Gasteiger partial charge is 0.325 e. The number of amides is 2. The average Bonchev–Trinajstić information content (AvgIpc) is 2.69. The van der Waals surface area contributed by atoms with Crippen LogP contribution in [0.25, 0.3) is 0 Å². The van der Waals surface area contributed by atoms with Gasteiger partial charge in [0.1, 0.15) is 5.82 Å². The van der Waals surface area contributed by atoms with Gasteiger partial charge in [0, 0.05) is 17.8 Å². The maximum absolute atomic E-state index is 12.3. The quantitative estimate of drug-likeness (QED) is 0.642. The minimum Gasteiger partial charge on any atom is -0.325 e. The van der Waals surface area contributed by atoms with Crippen LogP contribution >= 0.6 is 0 Å². The van der Waals surface area contributed by atoms with Gasteiger partial charge < -0.3 is 10.6 Å². The van der Waals surface area contributed by atoms with E-state index in [-0.39, 0.29) is 29.2 Å². The van der Waals surface area contributed by atoms with Crippen LogP contribution in [0, 0.1) is 5.92 Å². The minimum atomic E-state index is -3.76. The smallest absolute Gasteiger partial charge is 0.238 e. The van der Waals surface area contributed by atoms with Crippen molar-refractivity contribution in [3.05, 3.63) is 48.7 Å². The number of likely N-dealkylation sites (tertiary alicyclic amines) is 1. The molecule has 1 aromatic heterocycles. The van der Waals surface area contributed by atoms with E-state index in [1.165, 1.54) is 24.3 Å². The number of piperidine rings is 1. The zero-order chi connectivity index (χ0) is 20.9. The number of sulfonamides is 1. The van der Waals surface area contributed by atoms with Crippen LogP contribution in [0.4, 0.5) is 11.5 Å². The van der Waals surface area contributed by atoms with Crippen LogP contribution in [0.3, 0.4) is 0 Å². The first-order valence-corrected chi connectivity index (χ1v) is 10.7. The van der Waals surface area contributed by atoms with Gasteiger partial charge in [-0.05, 0) is 62.3 Å². The minimum absolute atomic E-state index is 0.0125. The summed E-state index contributed by atoms with van der Waals surface area (Å²) in [5.74, 6) is 0.169. The van der Waals surface area contributed by atoms with Gasteiger partial charge in [-0.2, -0.15) is 0 Å². The first kappa shape index (κ1) is 20.9. The van der Waals surface area contributed by atoms with Gasteiger partial charge in [0.25, 0.3) is 0 Å². The SMILES string of the molecule is NS(=O)(=O)c1ccc(NC(=O)CN2CCC(C(=O)Nc3ccccn3)CC2)cc1. The molecule has 0 spiro atoms. The number of anilines is 2. The molecular formula is C19H23N5O4S. The lowest BCUT2D eigenvalue weighted by molar-refractivity contribution is -0.121. The van der Waals surface area contributed by atoms with Crippen LogP contribution in [0.1, 0.15) is 12.8 Å². The van der Waals surface area contributed by atoms with Crippen LogP contribution in [0.5, 0.6) is 0 Å². The van der Waals surface area contributed by atoms with Crippen molar-refractivity contribution in [2.75, 3.05) is 30.3 Å². The standard InChI is InChI=1S/C19H23N5O4S/c20-29(27,28)16-6-4-15(5-7-16)22-18(25)13-24-11-8-14(9-12-24)19(26)23-17-3-1-2-10-21-17/h1-7,10,14H,8-9,11-13H2,(H,22,25)(H2,20,27,28)(H,21,23,26). The summed E-state index contributed by atoms with van der Waals surface area (Å²) >= 11 is 0. The highest BCUT2D eigenvalue weighted by Gasteiger charge is 2.26. The molecule has 1 aromatic carbocycles. The summed E-state index contributed by atoms with van der Waals surface area (Å²) < 4.78 is 22.5. The molecule has 1 aliphatic rings. The summed E-state index contributed by atoms with van der Waals surface area (Å²) in [6.07, 6.45) is 2.95. The van der Waals surface area contributed by atoms with Gasteiger partial charge in [-0.25, -0.2) is 18.5 Å². The number of benzene rings is 1. The van der Waals surface area contributed by atoms with Gasteiger partial charge in [0.05, 0.1) is 11.4 Å². The van der Waals surface area contributed by atoms with E-state index >= 15 is 0 Å². The molecule has 9 nitrogen and oxygen atoms in total. The molecule has 3 rings (SSSR count). The van der Waals surface area contributed by atoms with Gasteiger partial charge in [-0.1, -0.05) is 6.07 Å². The van der Waals surface area contributed by atoms with Crippen molar-refractivity contribution in [2.24, 2.45) is 11.1 Å². The van der Waals surface area contributed by atoms with Gasteiger partial charge in [-0.15, -0.1) is 0 Å². The average molecular weight is 417 g/mol. The van der Waals surface area contributed by atoms with Crippen LogP contribution < -0.4 is 15.8 Å². The molecule has 0 bridgehead atoms. The number of pyridine rings is 1. The molecule has 0 unspecified atom stereocenters. The van der Waals surface area contributed by atoms with Crippen LogP contribution in [-0.2, 0) is 19.6 Å². The zero-order valence-corrected chi connectivity index (χ0v) is 16.6. The lowest BCUT2D eigenvalue weighted by Gasteiger charge is -2.30. The molecule has 0 saturated carbocycles. The van der Waals surface area contributed by atoms with Crippen molar-refractivity contribution in [1.82, 2.24) is 9.88 Å². The molecule has 154 valence electrons. The summed E-state index contributed by atoms with van der Waals surface area (Å²) in [6, 6.07) is 11.0. The molecule has 2 aromatic rings. The molecule has 0 aliphatic carbocycles. The van der Waals surface area contributed by atoms with Crippen molar-refractivity contribution >= 4 is 33.3 Å². The van der Waals surface area contributed by atoms with E-state index in [4.69, 9.17) is 5.14 Å². The second-order valence-corrected chi connectivity index (χ2v) is 8.43. The second-order valence-electron chi connectivity index (χ2n) is 6.87. The summed E-state index contributed by atoms with van der Waals surface area (Å²) in [5, 5.41) is 10.6. The molecule has 10 heteroatoms. The Labute approximate surface area is 169 Å². The lowest BCUT2D eigenvalue weighted by Crippen LogP contribution is -2.41. The van der Waals surface area contributed by atoms with E-state index in [1.807, 2.05) is 11.0 Å². The number of hydrogen-bond donors (Lipinski definition) is 3. The van der Waals surface area contributed by atoms with Crippen molar-refractivity contribution in [1.29, 1.82) is 0 Å². The summed E-state index contributed by atoms with van der Waals surface area (Å²) in [6.45, 7) is 1.47. The van der Waals surface area contributed by atoms with E-state index in [1.54, 1.807) is 18.3 Å². The number of carbonyl (C=O) groups excluding carboxylic acids is 2. The summed E-state index contributed by atoms with van der Waals surface area (Å²) in [4.78, 5) is 30.6. The maximum Gasteiger partial charge on any atom is 0.238 e. The maximum atomic E-state index is 12.3. The van der Waals surface area contributed by atoms with Crippen molar-refractivity contribution < 1.29 is 18.0 Å². The van der Waals surface area contributed by atoms with E-state index < -0.39 is 10.0 Å². The number of aromatic nitrogens is 1. The molecule has 0 radical (unpaired) electrons. The third kappa shape index (κ3) is 6.08. The molecule has 0 atom stereocenters. The first-order valence-electron chi connectivity index (χ1n) is 9.18. The Kier molecular flexibility index (Phi) is 6.57. The normalized spacial score (nSPS) is 15.6. The van der Waals surface area contributed by atoms with E-state index in [0.717, 1.165) is 0 Å². The summed E-state index contributed by atoms with van der Waals surface area (Å²) in [5.41, 5.74) is 0.493. The van der Waals surface area contributed by atoms with Crippen molar-refractivity contribution in [2.45, 2.75) is 17.7 Å². The Bertz CT molecular complexity index is 956. The zero-order valence-electron chi connectivity index (χ0n) is 15.7. The number of primary sulfonamides is 1. The number of nitrogens with zero attached hydrogens (tertiary/aromatic N) is 2. The Morgan fingerprint density at radius 2 is 1.76 bits per heavy atom. The van der Waals surface area contributed by atoms with Gasteiger partial charge in [0.2, 0.25) is 21.8 Å². The fraction of sp³-hybridized carbons (Fsp3) is 0.316. The molecule has 1 aliphatic heterocycles. The molecule has 2 amide bonds. The fourth-order valence-electron chi connectivity index (χ4n) is 3.15. The predicted octanol–water partition coefficient (Wildman–Crippen LogP) is 1.02. The van der Waals surface area contributed by atoms with Gasteiger partial charge >= 0.3 is 0 Å².